The van der Waals surface area contributed by atoms with Crippen LogP contribution < -0.4 is 5.32 Å². The first-order chi connectivity index (χ1) is 12.0. The highest BCUT2D eigenvalue weighted by Crippen LogP contribution is 2.26. The number of nitrogens with one attached hydrogen (secondary N) is 1. The van der Waals surface area contributed by atoms with Crippen molar-refractivity contribution in [2.45, 2.75) is 27.2 Å². The Morgan fingerprint density at radius 2 is 2.08 bits per heavy atom. The highest BCUT2D eigenvalue weighted by Gasteiger charge is 2.22. The molecule has 0 bridgehead atoms. The molecule has 1 amide bonds. The Labute approximate surface area is 153 Å². The van der Waals surface area contributed by atoms with Gasteiger partial charge in [-0.2, -0.15) is 0 Å². The Morgan fingerprint density at radius 1 is 1.32 bits per heavy atom. The van der Waals surface area contributed by atoms with Crippen LogP contribution in [0.1, 0.15) is 35.6 Å². The number of pyridine rings is 1. The van der Waals surface area contributed by atoms with Crippen molar-refractivity contribution >= 4 is 17.2 Å². The topological polar surface area (TPSA) is 58.1 Å². The predicted octanol–water partition coefficient (Wildman–Crippen LogP) is 3.22. The predicted molar refractivity (Wildman–Crippen MR) is 102 cm³/mol. The lowest BCUT2D eigenvalue weighted by atomic mass is 9.92. The maximum absolute atomic E-state index is 12.5. The van der Waals surface area contributed by atoms with Gasteiger partial charge in [0, 0.05) is 32.4 Å². The number of hydrogen-bond donors (Lipinski definition) is 1. The van der Waals surface area contributed by atoms with Crippen molar-refractivity contribution in [2.24, 2.45) is 11.8 Å². The molecule has 1 aliphatic rings. The molecule has 0 radical (unpaired) electrons. The van der Waals surface area contributed by atoms with Gasteiger partial charge >= 0.3 is 0 Å². The van der Waals surface area contributed by atoms with Gasteiger partial charge in [0.05, 0.1) is 11.4 Å². The van der Waals surface area contributed by atoms with E-state index in [-0.39, 0.29) is 5.91 Å². The molecular weight excluding hydrogens is 332 g/mol. The Bertz CT molecular complexity index is 705. The SMILES string of the molecule is Cc1nc(-c2ccccn2)sc1C(=O)NCCN1CC(C)CC(C)C1. The molecule has 2 atom stereocenters. The Kier molecular flexibility index (Phi) is 5.81. The van der Waals surface area contributed by atoms with Crippen LogP contribution >= 0.6 is 11.3 Å². The van der Waals surface area contributed by atoms with Crippen LogP contribution in [-0.2, 0) is 0 Å². The standard InChI is InChI=1S/C19H26N4OS/c1-13-10-14(2)12-23(11-13)9-8-21-18(24)17-15(3)22-19(25-17)16-6-4-5-7-20-16/h4-7,13-14H,8-12H2,1-3H3,(H,21,24). The van der Waals surface area contributed by atoms with Crippen LogP contribution in [0.4, 0.5) is 0 Å². The number of rotatable bonds is 5. The fraction of sp³-hybridized carbons (Fsp3) is 0.526. The van der Waals surface area contributed by atoms with E-state index in [4.69, 9.17) is 0 Å². The first-order valence-corrected chi connectivity index (χ1v) is 9.74. The minimum atomic E-state index is -0.0321. The highest BCUT2D eigenvalue weighted by molar-refractivity contribution is 7.17. The van der Waals surface area contributed by atoms with E-state index in [1.807, 2.05) is 25.1 Å². The number of aryl methyl sites for hydroxylation is 1. The third-order valence-corrected chi connectivity index (χ3v) is 5.72. The van der Waals surface area contributed by atoms with Gasteiger partial charge in [-0.25, -0.2) is 4.98 Å². The zero-order chi connectivity index (χ0) is 17.8. The van der Waals surface area contributed by atoms with Gasteiger partial charge in [0.2, 0.25) is 0 Å². The van der Waals surface area contributed by atoms with Gasteiger partial charge in [-0.05, 0) is 37.3 Å². The summed E-state index contributed by atoms with van der Waals surface area (Å²) in [6, 6.07) is 5.72. The zero-order valence-electron chi connectivity index (χ0n) is 15.2. The second-order valence-corrected chi connectivity index (χ2v) is 8.11. The molecule has 0 saturated carbocycles. The van der Waals surface area contributed by atoms with Crippen molar-refractivity contribution in [1.29, 1.82) is 0 Å². The summed E-state index contributed by atoms with van der Waals surface area (Å²) in [5, 5.41) is 3.84. The minimum Gasteiger partial charge on any atom is -0.350 e. The number of nitrogens with zero attached hydrogens (tertiary/aromatic N) is 3. The van der Waals surface area contributed by atoms with Crippen LogP contribution in [0.5, 0.6) is 0 Å². The average molecular weight is 359 g/mol. The van der Waals surface area contributed by atoms with E-state index in [1.165, 1.54) is 17.8 Å². The molecule has 6 heteroatoms. The maximum atomic E-state index is 12.5. The Morgan fingerprint density at radius 3 is 2.76 bits per heavy atom. The quantitative estimate of drug-likeness (QED) is 0.891. The third kappa shape index (κ3) is 4.64. The lowest BCUT2D eigenvalue weighted by Crippen LogP contribution is -2.42. The molecule has 0 aromatic carbocycles. The molecule has 25 heavy (non-hydrogen) atoms. The van der Waals surface area contributed by atoms with Gasteiger partial charge in [0.1, 0.15) is 9.88 Å². The molecule has 2 aromatic heterocycles. The van der Waals surface area contributed by atoms with Crippen molar-refractivity contribution in [3.05, 3.63) is 35.0 Å². The molecule has 2 aromatic rings. The number of aromatic nitrogens is 2. The molecule has 0 aliphatic carbocycles. The summed E-state index contributed by atoms with van der Waals surface area (Å²) in [6.07, 6.45) is 3.05. The van der Waals surface area contributed by atoms with Gasteiger partial charge in [-0.15, -0.1) is 11.3 Å². The minimum absolute atomic E-state index is 0.0321. The summed E-state index contributed by atoms with van der Waals surface area (Å²) in [5.74, 6) is 1.45. The van der Waals surface area contributed by atoms with E-state index in [2.05, 4.69) is 34.0 Å². The van der Waals surface area contributed by atoms with Crippen molar-refractivity contribution in [3.63, 3.8) is 0 Å². The molecule has 1 fully saturated rings. The average Bonchev–Trinajstić information content (AvgIpc) is 2.97. The van der Waals surface area contributed by atoms with Gasteiger partial charge in [-0.3, -0.25) is 9.78 Å². The second-order valence-electron chi connectivity index (χ2n) is 7.11. The second kappa shape index (κ2) is 8.06. The molecule has 3 heterocycles. The summed E-state index contributed by atoms with van der Waals surface area (Å²) < 4.78 is 0. The van der Waals surface area contributed by atoms with Crippen molar-refractivity contribution in [1.82, 2.24) is 20.2 Å². The summed E-state index contributed by atoms with van der Waals surface area (Å²) in [5.41, 5.74) is 1.58. The zero-order valence-corrected chi connectivity index (χ0v) is 16.0. The van der Waals surface area contributed by atoms with E-state index in [0.29, 0.717) is 11.4 Å². The van der Waals surface area contributed by atoms with E-state index < -0.39 is 0 Å². The molecule has 134 valence electrons. The van der Waals surface area contributed by atoms with E-state index in [0.717, 1.165) is 47.9 Å². The molecule has 1 saturated heterocycles. The summed E-state index contributed by atoms with van der Waals surface area (Å²) in [6.45, 7) is 10.3. The van der Waals surface area contributed by atoms with Gasteiger partial charge in [0.15, 0.2) is 0 Å². The smallest absolute Gasteiger partial charge is 0.263 e. The summed E-state index contributed by atoms with van der Waals surface area (Å²) in [4.78, 5) is 24.5. The normalized spacial score (nSPS) is 21.2. The van der Waals surface area contributed by atoms with Gasteiger partial charge < -0.3 is 10.2 Å². The lowest BCUT2D eigenvalue weighted by Gasteiger charge is -2.34. The monoisotopic (exact) mass is 358 g/mol. The largest absolute Gasteiger partial charge is 0.350 e. The molecule has 0 spiro atoms. The first-order valence-electron chi connectivity index (χ1n) is 8.92. The Hall–Kier alpha value is -1.79. The van der Waals surface area contributed by atoms with Gasteiger partial charge in [-0.1, -0.05) is 19.9 Å². The molecule has 1 N–H and O–H groups in total. The van der Waals surface area contributed by atoms with Crippen LogP contribution in [0.25, 0.3) is 10.7 Å². The van der Waals surface area contributed by atoms with E-state index in [9.17, 15) is 4.79 Å². The summed E-state index contributed by atoms with van der Waals surface area (Å²) >= 11 is 1.41. The molecule has 1 aliphatic heterocycles. The first kappa shape index (κ1) is 18.0. The molecule has 5 nitrogen and oxygen atoms in total. The third-order valence-electron chi connectivity index (χ3n) is 4.54. The molecule has 3 rings (SSSR count). The lowest BCUT2D eigenvalue weighted by molar-refractivity contribution is 0.0940. The fourth-order valence-electron chi connectivity index (χ4n) is 3.59. The number of hydrogen-bond acceptors (Lipinski definition) is 5. The van der Waals surface area contributed by atoms with Gasteiger partial charge in [0.25, 0.3) is 5.91 Å². The van der Waals surface area contributed by atoms with Crippen molar-refractivity contribution in [2.75, 3.05) is 26.2 Å². The van der Waals surface area contributed by atoms with E-state index >= 15 is 0 Å². The number of thiazole rings is 1. The maximum Gasteiger partial charge on any atom is 0.263 e. The fourth-order valence-corrected chi connectivity index (χ4v) is 4.55. The van der Waals surface area contributed by atoms with E-state index in [1.54, 1.807) is 6.20 Å². The van der Waals surface area contributed by atoms with Crippen molar-refractivity contribution in [3.8, 4) is 10.7 Å². The van der Waals surface area contributed by atoms with Crippen LogP contribution in [0.15, 0.2) is 24.4 Å². The number of carbonyl (C=O) groups excluding carboxylic acids is 1. The van der Waals surface area contributed by atoms with Crippen LogP contribution in [0, 0.1) is 18.8 Å². The molecular formula is C19H26N4OS. The van der Waals surface area contributed by atoms with Crippen LogP contribution in [0.3, 0.4) is 0 Å². The summed E-state index contributed by atoms with van der Waals surface area (Å²) in [7, 11) is 0. The Balaban J connectivity index is 1.56. The number of likely N-dealkylation sites (tertiary alicyclic amines) is 1. The van der Waals surface area contributed by atoms with Crippen molar-refractivity contribution < 1.29 is 4.79 Å². The van der Waals surface area contributed by atoms with Crippen LogP contribution in [-0.4, -0.2) is 47.0 Å². The number of carbonyl (C=O) groups is 1. The molecule has 2 unspecified atom stereocenters. The number of amides is 1. The number of piperidine rings is 1. The van der Waals surface area contributed by atoms with Crippen LogP contribution in [0.2, 0.25) is 0 Å². The highest BCUT2D eigenvalue weighted by atomic mass is 32.1.